The maximum Gasteiger partial charge on any atom is 0.317 e. The van der Waals surface area contributed by atoms with Gasteiger partial charge in [0.05, 0.1) is 0 Å². The SMILES string of the molecule is C/C=C/CCNC(=O)N1CCCC(C(C)CC(=O)O)C1. The molecule has 2 amide bonds. The monoisotopic (exact) mass is 282 g/mol. The van der Waals surface area contributed by atoms with Crippen molar-refractivity contribution in [2.24, 2.45) is 11.8 Å². The molecule has 1 fully saturated rings. The first-order valence-corrected chi connectivity index (χ1v) is 7.40. The first-order chi connectivity index (χ1) is 9.54. The maximum atomic E-state index is 12.0. The Bertz CT molecular complexity index is 355. The van der Waals surface area contributed by atoms with Crippen LogP contribution in [0.2, 0.25) is 0 Å². The third-order valence-electron chi connectivity index (χ3n) is 3.87. The smallest absolute Gasteiger partial charge is 0.317 e. The molecule has 20 heavy (non-hydrogen) atoms. The van der Waals surface area contributed by atoms with Crippen molar-refractivity contribution in [1.82, 2.24) is 10.2 Å². The van der Waals surface area contributed by atoms with E-state index in [4.69, 9.17) is 5.11 Å². The van der Waals surface area contributed by atoms with Gasteiger partial charge in [0, 0.05) is 26.1 Å². The number of hydrogen-bond acceptors (Lipinski definition) is 2. The zero-order chi connectivity index (χ0) is 15.0. The fourth-order valence-electron chi connectivity index (χ4n) is 2.64. The van der Waals surface area contributed by atoms with E-state index in [0.29, 0.717) is 19.0 Å². The molecule has 0 aliphatic carbocycles. The molecule has 1 aliphatic heterocycles. The van der Waals surface area contributed by atoms with Crippen molar-refractivity contribution < 1.29 is 14.7 Å². The van der Waals surface area contributed by atoms with Crippen LogP contribution in [0, 0.1) is 11.8 Å². The summed E-state index contributed by atoms with van der Waals surface area (Å²) in [5.41, 5.74) is 0. The summed E-state index contributed by atoms with van der Waals surface area (Å²) in [7, 11) is 0. The predicted octanol–water partition coefficient (Wildman–Crippen LogP) is 2.49. The van der Waals surface area contributed by atoms with E-state index in [1.165, 1.54) is 0 Å². The number of nitrogens with one attached hydrogen (secondary N) is 1. The van der Waals surface area contributed by atoms with E-state index in [-0.39, 0.29) is 18.4 Å². The Balaban J connectivity index is 2.39. The molecule has 2 atom stereocenters. The van der Waals surface area contributed by atoms with E-state index < -0.39 is 5.97 Å². The Labute approximate surface area is 121 Å². The van der Waals surface area contributed by atoms with Crippen LogP contribution in [0.4, 0.5) is 4.79 Å². The predicted molar refractivity (Wildman–Crippen MR) is 78.5 cm³/mol. The number of rotatable bonds is 6. The molecule has 0 aromatic rings. The number of carbonyl (C=O) groups is 2. The number of nitrogens with zero attached hydrogens (tertiary/aromatic N) is 1. The molecule has 1 aliphatic rings. The second-order valence-corrected chi connectivity index (χ2v) is 5.51. The van der Waals surface area contributed by atoms with Gasteiger partial charge in [0.25, 0.3) is 0 Å². The van der Waals surface area contributed by atoms with Crippen molar-refractivity contribution >= 4 is 12.0 Å². The van der Waals surface area contributed by atoms with E-state index in [1.54, 1.807) is 0 Å². The van der Waals surface area contributed by atoms with Crippen LogP contribution in [0.15, 0.2) is 12.2 Å². The van der Waals surface area contributed by atoms with Crippen molar-refractivity contribution in [3.63, 3.8) is 0 Å². The minimum Gasteiger partial charge on any atom is -0.481 e. The molecule has 0 saturated carbocycles. The Hall–Kier alpha value is -1.52. The van der Waals surface area contributed by atoms with Gasteiger partial charge in [0.1, 0.15) is 0 Å². The summed E-state index contributed by atoms with van der Waals surface area (Å²) >= 11 is 0. The van der Waals surface area contributed by atoms with Gasteiger partial charge in [-0.05, 0) is 38.0 Å². The Kier molecular flexibility index (Phi) is 7.12. The Morgan fingerprint density at radius 2 is 2.25 bits per heavy atom. The molecule has 0 aromatic heterocycles. The molecular weight excluding hydrogens is 256 g/mol. The molecule has 2 unspecified atom stereocenters. The largest absolute Gasteiger partial charge is 0.481 e. The lowest BCUT2D eigenvalue weighted by atomic mass is 9.85. The fraction of sp³-hybridized carbons (Fsp3) is 0.733. The van der Waals surface area contributed by atoms with Gasteiger partial charge in [0.15, 0.2) is 0 Å². The third-order valence-corrected chi connectivity index (χ3v) is 3.87. The van der Waals surface area contributed by atoms with Crippen LogP contribution < -0.4 is 5.32 Å². The van der Waals surface area contributed by atoms with E-state index in [9.17, 15) is 9.59 Å². The van der Waals surface area contributed by atoms with Gasteiger partial charge < -0.3 is 15.3 Å². The second-order valence-electron chi connectivity index (χ2n) is 5.51. The van der Waals surface area contributed by atoms with E-state index in [0.717, 1.165) is 25.8 Å². The number of amides is 2. The summed E-state index contributed by atoms with van der Waals surface area (Å²) < 4.78 is 0. The third kappa shape index (κ3) is 5.63. The molecule has 2 N–H and O–H groups in total. The highest BCUT2D eigenvalue weighted by Crippen LogP contribution is 2.26. The Morgan fingerprint density at radius 3 is 2.90 bits per heavy atom. The molecule has 0 radical (unpaired) electrons. The molecule has 5 heteroatoms. The molecule has 114 valence electrons. The summed E-state index contributed by atoms with van der Waals surface area (Å²) in [5.74, 6) is -0.349. The van der Waals surface area contributed by atoms with E-state index in [2.05, 4.69) is 5.32 Å². The van der Waals surface area contributed by atoms with Crippen LogP contribution in [0.1, 0.15) is 39.5 Å². The molecule has 0 bridgehead atoms. The van der Waals surface area contributed by atoms with E-state index >= 15 is 0 Å². The van der Waals surface area contributed by atoms with Gasteiger partial charge in [-0.1, -0.05) is 19.1 Å². The zero-order valence-electron chi connectivity index (χ0n) is 12.5. The summed E-state index contributed by atoms with van der Waals surface area (Å²) in [6, 6.07) is -0.0262. The Morgan fingerprint density at radius 1 is 1.50 bits per heavy atom. The highest BCUT2D eigenvalue weighted by molar-refractivity contribution is 5.74. The highest BCUT2D eigenvalue weighted by Gasteiger charge is 2.28. The van der Waals surface area contributed by atoms with Crippen molar-refractivity contribution in [1.29, 1.82) is 0 Å². The maximum absolute atomic E-state index is 12.0. The first kappa shape index (κ1) is 16.5. The number of carboxylic acids is 1. The summed E-state index contributed by atoms with van der Waals surface area (Å²) in [6.07, 6.45) is 6.98. The minimum atomic E-state index is -0.759. The van der Waals surface area contributed by atoms with Gasteiger partial charge >= 0.3 is 12.0 Å². The fourth-order valence-corrected chi connectivity index (χ4v) is 2.64. The number of likely N-dealkylation sites (tertiary alicyclic amines) is 1. The van der Waals surface area contributed by atoms with Crippen molar-refractivity contribution in [3.05, 3.63) is 12.2 Å². The number of piperidine rings is 1. The molecule has 1 heterocycles. The number of carbonyl (C=O) groups excluding carboxylic acids is 1. The normalized spacial score (nSPS) is 20.9. The summed E-state index contributed by atoms with van der Waals surface area (Å²) in [5, 5.41) is 11.8. The minimum absolute atomic E-state index is 0.0262. The standard InChI is InChI=1S/C15H26N2O3/c1-3-4-5-8-16-15(20)17-9-6-7-13(11-17)12(2)10-14(18)19/h3-4,12-13H,5-11H2,1-2H3,(H,16,20)(H,18,19)/b4-3+. The lowest BCUT2D eigenvalue weighted by Crippen LogP contribution is -2.47. The molecule has 5 nitrogen and oxygen atoms in total. The number of aliphatic carboxylic acids is 1. The van der Waals surface area contributed by atoms with Gasteiger partial charge in [-0.2, -0.15) is 0 Å². The zero-order valence-corrected chi connectivity index (χ0v) is 12.5. The lowest BCUT2D eigenvalue weighted by Gasteiger charge is -2.35. The van der Waals surface area contributed by atoms with Crippen molar-refractivity contribution in [2.75, 3.05) is 19.6 Å². The van der Waals surface area contributed by atoms with Gasteiger partial charge in [-0.25, -0.2) is 4.79 Å². The number of carboxylic acid groups (broad SMARTS) is 1. The van der Waals surface area contributed by atoms with Crippen LogP contribution in [-0.4, -0.2) is 41.6 Å². The van der Waals surface area contributed by atoms with Crippen LogP contribution in [0.3, 0.4) is 0 Å². The van der Waals surface area contributed by atoms with Crippen molar-refractivity contribution in [2.45, 2.75) is 39.5 Å². The van der Waals surface area contributed by atoms with Crippen molar-refractivity contribution in [3.8, 4) is 0 Å². The molecular formula is C15H26N2O3. The number of hydrogen-bond donors (Lipinski definition) is 2. The quantitative estimate of drug-likeness (QED) is 0.581. The van der Waals surface area contributed by atoms with Gasteiger partial charge in [-0.15, -0.1) is 0 Å². The lowest BCUT2D eigenvalue weighted by molar-refractivity contribution is -0.138. The van der Waals surface area contributed by atoms with Gasteiger partial charge in [0.2, 0.25) is 0 Å². The summed E-state index contributed by atoms with van der Waals surface area (Å²) in [4.78, 5) is 24.6. The van der Waals surface area contributed by atoms with Crippen LogP contribution in [0.5, 0.6) is 0 Å². The van der Waals surface area contributed by atoms with Gasteiger partial charge in [-0.3, -0.25) is 4.79 Å². The number of urea groups is 1. The van der Waals surface area contributed by atoms with E-state index in [1.807, 2.05) is 30.9 Å². The average Bonchev–Trinajstić information content (AvgIpc) is 2.43. The first-order valence-electron chi connectivity index (χ1n) is 7.40. The average molecular weight is 282 g/mol. The topological polar surface area (TPSA) is 69.6 Å². The van der Waals surface area contributed by atoms with Crippen LogP contribution in [-0.2, 0) is 4.79 Å². The second kappa shape index (κ2) is 8.61. The summed E-state index contributed by atoms with van der Waals surface area (Å²) in [6.45, 7) is 6.01. The number of allylic oxidation sites excluding steroid dienone is 1. The molecule has 0 spiro atoms. The highest BCUT2D eigenvalue weighted by atomic mass is 16.4. The molecule has 1 rings (SSSR count). The van der Waals surface area contributed by atoms with Crippen LogP contribution >= 0.6 is 0 Å². The molecule has 0 aromatic carbocycles. The molecule has 1 saturated heterocycles. The van der Waals surface area contributed by atoms with Crippen LogP contribution in [0.25, 0.3) is 0 Å².